The second-order valence-electron chi connectivity index (χ2n) is 6.18. The molecule has 0 fully saturated rings. The number of ketones is 1. The maximum absolute atomic E-state index is 13.0. The third-order valence-electron chi connectivity index (χ3n) is 4.21. The summed E-state index contributed by atoms with van der Waals surface area (Å²) in [6.07, 6.45) is 1.58. The van der Waals surface area contributed by atoms with Crippen molar-refractivity contribution in [3.63, 3.8) is 0 Å². The molecule has 3 nitrogen and oxygen atoms in total. The number of rotatable bonds is 4. The molecule has 6 heteroatoms. The molecule has 0 atom stereocenters. The quantitative estimate of drug-likeness (QED) is 0.468. The summed E-state index contributed by atoms with van der Waals surface area (Å²) in [6.45, 7) is 0.274. The van der Waals surface area contributed by atoms with Crippen molar-refractivity contribution in [3.8, 4) is 11.5 Å². The van der Waals surface area contributed by atoms with Crippen molar-refractivity contribution >= 4 is 35.1 Å². The number of carbonyl (C=O) groups excluding carboxylic acids is 1. The van der Waals surface area contributed by atoms with E-state index in [2.05, 4.69) is 0 Å². The van der Waals surface area contributed by atoms with Gasteiger partial charge in [-0.25, -0.2) is 4.39 Å². The van der Waals surface area contributed by atoms with Crippen molar-refractivity contribution in [2.24, 2.45) is 0 Å². The Morgan fingerprint density at radius 3 is 2.54 bits per heavy atom. The van der Waals surface area contributed by atoms with E-state index in [0.29, 0.717) is 32.7 Å². The van der Waals surface area contributed by atoms with E-state index in [1.54, 1.807) is 54.6 Å². The lowest BCUT2D eigenvalue weighted by molar-refractivity contribution is 0.101. The summed E-state index contributed by atoms with van der Waals surface area (Å²) >= 11 is 12.1. The van der Waals surface area contributed by atoms with Crippen LogP contribution in [-0.2, 0) is 6.61 Å². The van der Waals surface area contributed by atoms with Gasteiger partial charge in [-0.3, -0.25) is 4.79 Å². The normalized spacial score (nSPS) is 14.1. The summed E-state index contributed by atoms with van der Waals surface area (Å²) in [7, 11) is 0. The first-order valence-electron chi connectivity index (χ1n) is 8.40. The van der Waals surface area contributed by atoms with Crippen LogP contribution in [0.5, 0.6) is 11.5 Å². The van der Waals surface area contributed by atoms with Gasteiger partial charge in [0.2, 0.25) is 5.78 Å². The van der Waals surface area contributed by atoms with Gasteiger partial charge in [0.15, 0.2) is 5.76 Å². The molecular formula is C22H13Cl2FO3. The molecule has 0 saturated carbocycles. The summed E-state index contributed by atoms with van der Waals surface area (Å²) in [6, 6.07) is 16.1. The number of fused-ring (bicyclic) bond motifs is 1. The van der Waals surface area contributed by atoms with Crippen LogP contribution in [-0.4, -0.2) is 5.78 Å². The molecule has 0 unspecified atom stereocenters. The number of hydrogen-bond acceptors (Lipinski definition) is 3. The molecule has 0 spiro atoms. The number of ether oxygens (including phenoxy) is 2. The first-order valence-corrected chi connectivity index (χ1v) is 9.16. The highest BCUT2D eigenvalue weighted by Gasteiger charge is 2.28. The SMILES string of the molecule is O=C1/C(=C/c2ccc(Cl)cc2Cl)Oc2cc(OCc3ccc(F)cc3)ccc21. The lowest BCUT2D eigenvalue weighted by Gasteiger charge is -2.07. The van der Waals surface area contributed by atoms with E-state index in [0.717, 1.165) is 5.56 Å². The Kier molecular flexibility index (Phi) is 5.07. The Bertz CT molecular complexity index is 1090. The molecule has 0 aliphatic carbocycles. The highest BCUT2D eigenvalue weighted by molar-refractivity contribution is 6.35. The predicted molar refractivity (Wildman–Crippen MR) is 107 cm³/mol. The minimum atomic E-state index is -0.298. The summed E-state index contributed by atoms with van der Waals surface area (Å²) in [4.78, 5) is 12.6. The number of Topliss-reactive ketones (excluding diaryl/α,β-unsaturated/α-hetero) is 1. The summed E-state index contributed by atoms with van der Waals surface area (Å²) in [5.74, 6) is 0.605. The van der Waals surface area contributed by atoms with Gasteiger partial charge in [-0.05, 0) is 53.6 Å². The van der Waals surface area contributed by atoms with E-state index in [4.69, 9.17) is 32.7 Å². The number of allylic oxidation sites excluding steroid dienone is 1. The van der Waals surface area contributed by atoms with Gasteiger partial charge in [-0.1, -0.05) is 41.4 Å². The summed E-state index contributed by atoms with van der Waals surface area (Å²) < 4.78 is 24.4. The standard InChI is InChI=1S/C22H13Cl2FO3/c23-15-4-3-14(19(24)10-15)9-21-22(26)18-8-7-17(11-20(18)28-21)27-12-13-1-5-16(25)6-2-13/h1-11H,12H2/b21-9-. The molecular weight excluding hydrogens is 402 g/mol. The average Bonchev–Trinajstić information content (AvgIpc) is 2.98. The van der Waals surface area contributed by atoms with E-state index in [9.17, 15) is 9.18 Å². The lowest BCUT2D eigenvalue weighted by Crippen LogP contribution is -1.98. The first-order chi connectivity index (χ1) is 13.5. The Balaban J connectivity index is 1.52. The van der Waals surface area contributed by atoms with Crippen LogP contribution in [0.1, 0.15) is 21.5 Å². The van der Waals surface area contributed by atoms with Gasteiger partial charge < -0.3 is 9.47 Å². The van der Waals surface area contributed by atoms with Crippen LogP contribution in [0.25, 0.3) is 6.08 Å². The molecule has 0 saturated heterocycles. The van der Waals surface area contributed by atoms with E-state index in [-0.39, 0.29) is 24.0 Å². The van der Waals surface area contributed by atoms with Crippen molar-refractivity contribution < 1.29 is 18.7 Å². The second kappa shape index (κ2) is 7.66. The smallest absolute Gasteiger partial charge is 0.231 e. The van der Waals surface area contributed by atoms with Crippen molar-refractivity contribution in [2.75, 3.05) is 0 Å². The monoisotopic (exact) mass is 414 g/mol. The second-order valence-corrected chi connectivity index (χ2v) is 7.02. The van der Waals surface area contributed by atoms with Crippen LogP contribution in [0.3, 0.4) is 0 Å². The topological polar surface area (TPSA) is 35.5 Å². The molecule has 4 rings (SSSR count). The van der Waals surface area contributed by atoms with Gasteiger partial charge in [0.1, 0.15) is 23.9 Å². The van der Waals surface area contributed by atoms with E-state index in [1.807, 2.05) is 0 Å². The Morgan fingerprint density at radius 1 is 1.00 bits per heavy atom. The van der Waals surface area contributed by atoms with E-state index < -0.39 is 0 Å². The van der Waals surface area contributed by atoms with Gasteiger partial charge >= 0.3 is 0 Å². The van der Waals surface area contributed by atoms with Gasteiger partial charge in [0.05, 0.1) is 5.56 Å². The Labute approximate surface area is 170 Å². The number of benzene rings is 3. The van der Waals surface area contributed by atoms with E-state index in [1.165, 1.54) is 12.1 Å². The predicted octanol–water partition coefficient (Wildman–Crippen LogP) is 6.33. The summed E-state index contributed by atoms with van der Waals surface area (Å²) in [5.41, 5.74) is 1.91. The van der Waals surface area contributed by atoms with Crippen LogP contribution in [0.4, 0.5) is 4.39 Å². The minimum Gasteiger partial charge on any atom is -0.489 e. The molecule has 140 valence electrons. The molecule has 1 heterocycles. The fourth-order valence-electron chi connectivity index (χ4n) is 2.76. The largest absolute Gasteiger partial charge is 0.489 e. The molecule has 0 radical (unpaired) electrons. The molecule has 3 aromatic carbocycles. The zero-order chi connectivity index (χ0) is 19.7. The molecule has 28 heavy (non-hydrogen) atoms. The Hall–Kier alpha value is -2.82. The Morgan fingerprint density at radius 2 is 1.79 bits per heavy atom. The fraction of sp³-hybridized carbons (Fsp3) is 0.0455. The van der Waals surface area contributed by atoms with Crippen molar-refractivity contribution in [1.29, 1.82) is 0 Å². The van der Waals surface area contributed by atoms with E-state index >= 15 is 0 Å². The van der Waals surface area contributed by atoms with Crippen molar-refractivity contribution in [3.05, 3.63) is 99.0 Å². The van der Waals surface area contributed by atoms with Crippen LogP contribution in [0, 0.1) is 5.82 Å². The minimum absolute atomic E-state index is 0.176. The maximum atomic E-state index is 13.0. The summed E-state index contributed by atoms with van der Waals surface area (Å²) in [5, 5.41) is 0.938. The van der Waals surface area contributed by atoms with Crippen LogP contribution in [0.2, 0.25) is 10.0 Å². The molecule has 0 amide bonds. The lowest BCUT2D eigenvalue weighted by atomic mass is 10.1. The van der Waals surface area contributed by atoms with Gasteiger partial charge in [0.25, 0.3) is 0 Å². The van der Waals surface area contributed by atoms with Crippen LogP contribution < -0.4 is 9.47 Å². The zero-order valence-corrected chi connectivity index (χ0v) is 15.9. The van der Waals surface area contributed by atoms with Crippen molar-refractivity contribution in [2.45, 2.75) is 6.61 Å². The number of hydrogen-bond donors (Lipinski definition) is 0. The first kappa shape index (κ1) is 18.5. The highest BCUT2D eigenvalue weighted by atomic mass is 35.5. The van der Waals surface area contributed by atoms with Gasteiger partial charge in [0, 0.05) is 16.1 Å². The number of carbonyl (C=O) groups is 1. The molecule has 3 aromatic rings. The van der Waals surface area contributed by atoms with Gasteiger partial charge in [-0.2, -0.15) is 0 Å². The molecule has 0 bridgehead atoms. The van der Waals surface area contributed by atoms with Gasteiger partial charge in [-0.15, -0.1) is 0 Å². The third kappa shape index (κ3) is 3.88. The number of halogens is 3. The average molecular weight is 415 g/mol. The maximum Gasteiger partial charge on any atom is 0.231 e. The zero-order valence-electron chi connectivity index (χ0n) is 14.4. The highest BCUT2D eigenvalue weighted by Crippen LogP contribution is 2.36. The van der Waals surface area contributed by atoms with Crippen molar-refractivity contribution in [1.82, 2.24) is 0 Å². The fourth-order valence-corrected chi connectivity index (χ4v) is 3.23. The molecule has 1 aliphatic heterocycles. The third-order valence-corrected chi connectivity index (χ3v) is 4.77. The molecule has 0 aromatic heterocycles. The molecule has 1 aliphatic rings. The van der Waals surface area contributed by atoms with Crippen LogP contribution >= 0.6 is 23.2 Å². The van der Waals surface area contributed by atoms with Crippen LogP contribution in [0.15, 0.2) is 66.4 Å². The molecule has 0 N–H and O–H groups in total.